The second-order valence-electron chi connectivity index (χ2n) is 3.00. The van der Waals surface area contributed by atoms with Crippen LogP contribution in [-0.2, 0) is 4.84 Å². The van der Waals surface area contributed by atoms with Crippen LogP contribution in [0, 0.1) is 0 Å². The van der Waals surface area contributed by atoms with Gasteiger partial charge in [-0.25, -0.2) is 4.79 Å². The zero-order valence-corrected chi connectivity index (χ0v) is 8.32. The summed E-state index contributed by atoms with van der Waals surface area (Å²) in [6.07, 6.45) is 2.08. The lowest BCUT2D eigenvalue weighted by molar-refractivity contribution is 0.0252. The molecular formula is C11H15NO2. The summed E-state index contributed by atoms with van der Waals surface area (Å²) in [5.74, 6) is -0.332. The maximum absolute atomic E-state index is 11.3. The van der Waals surface area contributed by atoms with Crippen molar-refractivity contribution in [3.8, 4) is 0 Å². The van der Waals surface area contributed by atoms with Crippen LogP contribution >= 0.6 is 0 Å². The van der Waals surface area contributed by atoms with Gasteiger partial charge in [-0.1, -0.05) is 31.5 Å². The summed E-state index contributed by atoms with van der Waals surface area (Å²) in [6.45, 7) is 2.79. The predicted molar refractivity (Wildman–Crippen MR) is 54.8 cm³/mol. The van der Waals surface area contributed by atoms with Crippen molar-refractivity contribution in [1.29, 1.82) is 0 Å². The SMILES string of the molecule is CCCCNOC(=O)c1ccccc1. The molecule has 0 spiro atoms. The van der Waals surface area contributed by atoms with Crippen LogP contribution in [0.3, 0.4) is 0 Å². The van der Waals surface area contributed by atoms with Gasteiger partial charge in [0.05, 0.1) is 5.56 Å². The zero-order valence-electron chi connectivity index (χ0n) is 8.32. The van der Waals surface area contributed by atoms with Crippen molar-refractivity contribution in [2.75, 3.05) is 6.54 Å². The van der Waals surface area contributed by atoms with E-state index in [1.807, 2.05) is 18.2 Å². The molecule has 0 aliphatic rings. The molecule has 0 aromatic heterocycles. The van der Waals surface area contributed by atoms with Gasteiger partial charge in [-0.05, 0) is 18.6 Å². The summed E-state index contributed by atoms with van der Waals surface area (Å²) in [7, 11) is 0. The molecule has 0 aliphatic heterocycles. The predicted octanol–water partition coefficient (Wildman–Crippen LogP) is 2.15. The molecule has 0 fully saturated rings. The molecule has 0 heterocycles. The third kappa shape index (κ3) is 3.58. The second-order valence-corrected chi connectivity index (χ2v) is 3.00. The van der Waals surface area contributed by atoms with Gasteiger partial charge in [0.25, 0.3) is 0 Å². The molecule has 0 unspecified atom stereocenters. The van der Waals surface area contributed by atoms with Crippen molar-refractivity contribution < 1.29 is 9.63 Å². The Kier molecular flexibility index (Phi) is 4.72. The zero-order chi connectivity index (χ0) is 10.2. The largest absolute Gasteiger partial charge is 0.367 e. The van der Waals surface area contributed by atoms with Gasteiger partial charge in [-0.2, -0.15) is 5.48 Å². The van der Waals surface area contributed by atoms with Crippen LogP contribution in [0.4, 0.5) is 0 Å². The van der Waals surface area contributed by atoms with Gasteiger partial charge < -0.3 is 4.84 Å². The lowest BCUT2D eigenvalue weighted by atomic mass is 10.2. The number of unbranched alkanes of at least 4 members (excludes halogenated alkanes) is 1. The van der Waals surface area contributed by atoms with E-state index in [2.05, 4.69) is 12.4 Å². The first kappa shape index (κ1) is 10.7. The summed E-state index contributed by atoms with van der Waals surface area (Å²) in [5, 5.41) is 0. The standard InChI is InChI=1S/C11H15NO2/c1-2-3-9-12-14-11(13)10-7-5-4-6-8-10/h4-8,12H,2-3,9H2,1H3. The average Bonchev–Trinajstić information content (AvgIpc) is 2.25. The molecule has 0 amide bonds. The number of carbonyl (C=O) groups is 1. The van der Waals surface area contributed by atoms with Crippen molar-refractivity contribution in [2.24, 2.45) is 0 Å². The number of hydroxylamine groups is 1. The van der Waals surface area contributed by atoms with Crippen molar-refractivity contribution in [3.63, 3.8) is 0 Å². The minimum Gasteiger partial charge on any atom is -0.367 e. The van der Waals surface area contributed by atoms with Crippen molar-refractivity contribution >= 4 is 5.97 Å². The number of nitrogens with one attached hydrogen (secondary N) is 1. The maximum atomic E-state index is 11.3. The van der Waals surface area contributed by atoms with E-state index >= 15 is 0 Å². The molecular weight excluding hydrogens is 178 g/mol. The fourth-order valence-corrected chi connectivity index (χ4v) is 0.999. The summed E-state index contributed by atoms with van der Waals surface area (Å²) in [4.78, 5) is 16.2. The van der Waals surface area contributed by atoms with Crippen molar-refractivity contribution in [2.45, 2.75) is 19.8 Å². The molecule has 0 saturated heterocycles. The number of hydrogen-bond donors (Lipinski definition) is 1. The van der Waals surface area contributed by atoms with E-state index in [0.717, 1.165) is 12.8 Å². The van der Waals surface area contributed by atoms with Crippen molar-refractivity contribution in [1.82, 2.24) is 5.48 Å². The van der Waals surface area contributed by atoms with Gasteiger partial charge in [-0.3, -0.25) is 0 Å². The van der Waals surface area contributed by atoms with Crippen LogP contribution in [0.25, 0.3) is 0 Å². The van der Waals surface area contributed by atoms with Crippen LogP contribution in [0.1, 0.15) is 30.1 Å². The van der Waals surface area contributed by atoms with Crippen LogP contribution in [-0.4, -0.2) is 12.5 Å². The maximum Gasteiger partial charge on any atom is 0.356 e. The first-order chi connectivity index (χ1) is 6.84. The van der Waals surface area contributed by atoms with Crippen LogP contribution in [0.15, 0.2) is 30.3 Å². The molecule has 76 valence electrons. The minimum atomic E-state index is -0.332. The number of benzene rings is 1. The molecule has 3 nitrogen and oxygen atoms in total. The van der Waals surface area contributed by atoms with Gasteiger partial charge in [0.2, 0.25) is 0 Å². The molecule has 0 saturated carbocycles. The highest BCUT2D eigenvalue weighted by molar-refractivity contribution is 5.89. The van der Waals surface area contributed by atoms with Gasteiger partial charge in [0.1, 0.15) is 0 Å². The highest BCUT2D eigenvalue weighted by Gasteiger charge is 2.04. The third-order valence-electron chi connectivity index (χ3n) is 1.81. The fraction of sp³-hybridized carbons (Fsp3) is 0.364. The first-order valence-corrected chi connectivity index (χ1v) is 4.83. The molecule has 1 N–H and O–H groups in total. The van der Waals surface area contributed by atoms with E-state index in [1.165, 1.54) is 0 Å². The molecule has 14 heavy (non-hydrogen) atoms. The molecule has 0 bridgehead atoms. The number of hydrogen-bond acceptors (Lipinski definition) is 3. The van der Waals surface area contributed by atoms with Gasteiger partial charge >= 0.3 is 5.97 Å². The highest BCUT2D eigenvalue weighted by atomic mass is 16.7. The Hall–Kier alpha value is -1.35. The molecule has 0 radical (unpaired) electrons. The van der Waals surface area contributed by atoms with E-state index in [4.69, 9.17) is 4.84 Å². The Morgan fingerprint density at radius 1 is 1.36 bits per heavy atom. The minimum absolute atomic E-state index is 0.332. The van der Waals surface area contributed by atoms with E-state index in [-0.39, 0.29) is 5.97 Å². The summed E-state index contributed by atoms with van der Waals surface area (Å²) in [5.41, 5.74) is 3.20. The quantitative estimate of drug-likeness (QED) is 0.575. The second kappa shape index (κ2) is 6.16. The molecule has 0 aliphatic carbocycles. The van der Waals surface area contributed by atoms with E-state index in [9.17, 15) is 4.79 Å². The van der Waals surface area contributed by atoms with Crippen LogP contribution in [0.5, 0.6) is 0 Å². The van der Waals surface area contributed by atoms with E-state index in [1.54, 1.807) is 12.1 Å². The molecule has 1 rings (SSSR count). The Labute approximate surface area is 84.0 Å². The lowest BCUT2D eigenvalue weighted by Gasteiger charge is -2.04. The Balaban J connectivity index is 2.29. The molecule has 1 aromatic carbocycles. The normalized spacial score (nSPS) is 9.79. The fourth-order valence-electron chi connectivity index (χ4n) is 0.999. The monoisotopic (exact) mass is 193 g/mol. The smallest absolute Gasteiger partial charge is 0.356 e. The van der Waals surface area contributed by atoms with E-state index < -0.39 is 0 Å². The van der Waals surface area contributed by atoms with Crippen molar-refractivity contribution in [3.05, 3.63) is 35.9 Å². The summed E-state index contributed by atoms with van der Waals surface area (Å²) in [6, 6.07) is 8.93. The topological polar surface area (TPSA) is 38.3 Å². The summed E-state index contributed by atoms with van der Waals surface area (Å²) < 4.78 is 0. The van der Waals surface area contributed by atoms with Gasteiger partial charge in [0, 0.05) is 6.54 Å². The average molecular weight is 193 g/mol. The summed E-state index contributed by atoms with van der Waals surface area (Å²) >= 11 is 0. The van der Waals surface area contributed by atoms with Gasteiger partial charge in [-0.15, -0.1) is 0 Å². The Morgan fingerprint density at radius 2 is 2.07 bits per heavy atom. The van der Waals surface area contributed by atoms with Crippen LogP contribution < -0.4 is 5.48 Å². The third-order valence-corrected chi connectivity index (χ3v) is 1.81. The highest BCUT2D eigenvalue weighted by Crippen LogP contribution is 1.99. The van der Waals surface area contributed by atoms with Crippen LogP contribution in [0.2, 0.25) is 0 Å². The lowest BCUT2D eigenvalue weighted by Crippen LogP contribution is -2.20. The molecule has 1 aromatic rings. The first-order valence-electron chi connectivity index (χ1n) is 4.83. The number of rotatable bonds is 5. The van der Waals surface area contributed by atoms with Gasteiger partial charge in [0.15, 0.2) is 0 Å². The molecule has 0 atom stereocenters. The van der Waals surface area contributed by atoms with E-state index in [0.29, 0.717) is 12.1 Å². The Bertz CT molecular complexity index is 272. The molecule has 3 heteroatoms. The number of carbonyl (C=O) groups excluding carboxylic acids is 1. The Morgan fingerprint density at radius 3 is 2.71 bits per heavy atom.